The van der Waals surface area contributed by atoms with Gasteiger partial charge in [-0.25, -0.2) is 9.37 Å². The first-order valence-corrected chi connectivity index (χ1v) is 12.0. The highest BCUT2D eigenvalue weighted by Gasteiger charge is 2.23. The number of nitrogens with one attached hydrogen (secondary N) is 2. The standard InChI is InChI=1S/C26H23FN4OS/c27-19-7-5-17(6-8-19)23-14-22-25(33-23)26(32)30-24(29-22)15-31-11-9-16(10-12-31)21-13-18-3-1-2-4-20(18)28-21/h1-8,13-14,16,28H,9-12,15H2,(H,29,30,32). The number of para-hydroxylation sites is 1. The molecule has 4 heterocycles. The summed E-state index contributed by atoms with van der Waals surface area (Å²) in [6.07, 6.45) is 2.15. The summed E-state index contributed by atoms with van der Waals surface area (Å²) in [5.74, 6) is 0.949. The number of benzene rings is 2. The number of aromatic amines is 2. The molecule has 1 saturated heterocycles. The molecule has 2 aromatic carbocycles. The van der Waals surface area contributed by atoms with E-state index in [-0.39, 0.29) is 11.4 Å². The molecule has 166 valence electrons. The van der Waals surface area contributed by atoms with Crippen LogP contribution in [0.1, 0.15) is 30.3 Å². The maximum atomic E-state index is 13.2. The van der Waals surface area contributed by atoms with Crippen LogP contribution in [0.5, 0.6) is 0 Å². The highest BCUT2D eigenvalue weighted by molar-refractivity contribution is 7.22. The summed E-state index contributed by atoms with van der Waals surface area (Å²) >= 11 is 1.39. The number of hydrogen-bond acceptors (Lipinski definition) is 4. The molecule has 33 heavy (non-hydrogen) atoms. The predicted octanol–water partition coefficient (Wildman–Crippen LogP) is 5.65. The number of halogens is 1. The number of H-pyrrole nitrogens is 2. The minimum absolute atomic E-state index is 0.110. The number of piperidine rings is 1. The molecule has 0 atom stereocenters. The van der Waals surface area contributed by atoms with Gasteiger partial charge in [0.05, 0.1) is 12.1 Å². The Morgan fingerprint density at radius 3 is 2.61 bits per heavy atom. The van der Waals surface area contributed by atoms with Crippen LogP contribution in [0.15, 0.2) is 65.5 Å². The summed E-state index contributed by atoms with van der Waals surface area (Å²) in [7, 11) is 0. The quantitative estimate of drug-likeness (QED) is 0.366. The zero-order valence-electron chi connectivity index (χ0n) is 18.0. The van der Waals surface area contributed by atoms with E-state index in [9.17, 15) is 9.18 Å². The van der Waals surface area contributed by atoms with Gasteiger partial charge in [-0.1, -0.05) is 30.3 Å². The summed E-state index contributed by atoms with van der Waals surface area (Å²) < 4.78 is 13.9. The highest BCUT2D eigenvalue weighted by atomic mass is 32.1. The third-order valence-electron chi connectivity index (χ3n) is 6.51. The van der Waals surface area contributed by atoms with Crippen LogP contribution in [0.25, 0.3) is 31.6 Å². The van der Waals surface area contributed by atoms with Gasteiger partial charge >= 0.3 is 0 Å². The minimum atomic E-state index is -0.272. The number of thiophene rings is 1. The van der Waals surface area contributed by atoms with E-state index in [0.29, 0.717) is 28.5 Å². The van der Waals surface area contributed by atoms with Gasteiger partial charge in [0, 0.05) is 22.0 Å². The van der Waals surface area contributed by atoms with E-state index in [2.05, 4.69) is 45.2 Å². The van der Waals surface area contributed by atoms with Crippen molar-refractivity contribution in [3.63, 3.8) is 0 Å². The van der Waals surface area contributed by atoms with E-state index in [1.54, 1.807) is 12.1 Å². The fourth-order valence-corrected chi connectivity index (χ4v) is 5.75. The van der Waals surface area contributed by atoms with E-state index in [4.69, 9.17) is 4.98 Å². The van der Waals surface area contributed by atoms with Gasteiger partial charge < -0.3 is 9.97 Å². The van der Waals surface area contributed by atoms with E-state index >= 15 is 0 Å². The molecule has 5 aromatic rings. The van der Waals surface area contributed by atoms with Crippen molar-refractivity contribution in [2.75, 3.05) is 13.1 Å². The van der Waals surface area contributed by atoms with Crippen molar-refractivity contribution in [2.24, 2.45) is 0 Å². The molecule has 1 aliphatic heterocycles. The van der Waals surface area contributed by atoms with Crippen LogP contribution < -0.4 is 5.56 Å². The second-order valence-electron chi connectivity index (χ2n) is 8.71. The topological polar surface area (TPSA) is 64.8 Å². The molecule has 0 radical (unpaired) electrons. The maximum absolute atomic E-state index is 13.2. The zero-order valence-corrected chi connectivity index (χ0v) is 18.8. The van der Waals surface area contributed by atoms with Crippen molar-refractivity contribution in [1.29, 1.82) is 0 Å². The van der Waals surface area contributed by atoms with Gasteiger partial charge in [0.2, 0.25) is 0 Å². The van der Waals surface area contributed by atoms with Crippen LogP contribution in [0.4, 0.5) is 4.39 Å². The molecule has 2 N–H and O–H groups in total. The lowest BCUT2D eigenvalue weighted by Gasteiger charge is -2.31. The van der Waals surface area contributed by atoms with Crippen LogP contribution in [-0.4, -0.2) is 32.9 Å². The average Bonchev–Trinajstić information content (AvgIpc) is 3.45. The Balaban J connectivity index is 1.17. The zero-order chi connectivity index (χ0) is 22.4. The molecular weight excluding hydrogens is 435 g/mol. The lowest BCUT2D eigenvalue weighted by Crippen LogP contribution is -2.33. The largest absolute Gasteiger partial charge is 0.358 e. The van der Waals surface area contributed by atoms with Gasteiger partial charge in [-0.05, 0) is 67.2 Å². The Bertz CT molecular complexity index is 1460. The lowest BCUT2D eigenvalue weighted by molar-refractivity contribution is 0.199. The van der Waals surface area contributed by atoms with E-state index in [1.807, 2.05) is 6.07 Å². The van der Waals surface area contributed by atoms with E-state index in [0.717, 1.165) is 36.4 Å². The summed E-state index contributed by atoms with van der Waals surface area (Å²) in [4.78, 5) is 27.2. The molecule has 1 fully saturated rings. The second-order valence-corrected chi connectivity index (χ2v) is 9.76. The summed E-state index contributed by atoms with van der Waals surface area (Å²) in [6.45, 7) is 2.56. The molecule has 0 amide bonds. The van der Waals surface area contributed by atoms with Gasteiger partial charge in [-0.15, -0.1) is 11.3 Å². The van der Waals surface area contributed by atoms with Crippen LogP contribution in [0, 0.1) is 5.82 Å². The number of hydrogen-bond donors (Lipinski definition) is 2. The molecule has 5 nitrogen and oxygen atoms in total. The molecule has 6 rings (SSSR count). The maximum Gasteiger partial charge on any atom is 0.268 e. The third kappa shape index (κ3) is 3.98. The Hall–Kier alpha value is -3.29. The van der Waals surface area contributed by atoms with Crippen molar-refractivity contribution in [2.45, 2.75) is 25.3 Å². The van der Waals surface area contributed by atoms with Gasteiger partial charge in [0.1, 0.15) is 16.3 Å². The third-order valence-corrected chi connectivity index (χ3v) is 7.68. The van der Waals surface area contributed by atoms with Crippen molar-refractivity contribution < 1.29 is 4.39 Å². The fraction of sp³-hybridized carbons (Fsp3) is 0.231. The Morgan fingerprint density at radius 1 is 1.03 bits per heavy atom. The van der Waals surface area contributed by atoms with Gasteiger partial charge in [0.25, 0.3) is 5.56 Å². The van der Waals surface area contributed by atoms with E-state index in [1.165, 1.54) is 40.1 Å². The highest BCUT2D eigenvalue weighted by Crippen LogP contribution is 2.32. The second kappa shape index (κ2) is 8.24. The van der Waals surface area contributed by atoms with E-state index < -0.39 is 0 Å². The normalized spacial score (nSPS) is 15.5. The number of fused-ring (bicyclic) bond motifs is 2. The van der Waals surface area contributed by atoms with Crippen molar-refractivity contribution in [1.82, 2.24) is 19.9 Å². The molecule has 0 bridgehead atoms. The van der Waals surface area contributed by atoms with Crippen molar-refractivity contribution >= 4 is 32.5 Å². The minimum Gasteiger partial charge on any atom is -0.358 e. The first kappa shape index (κ1) is 20.3. The molecule has 0 saturated carbocycles. The molecule has 0 unspecified atom stereocenters. The first-order chi connectivity index (χ1) is 16.1. The summed E-state index contributed by atoms with van der Waals surface area (Å²) in [6, 6.07) is 18.9. The SMILES string of the molecule is O=c1[nH]c(CN2CCC(c3cc4ccccc4[nH]3)CC2)nc2cc(-c3ccc(F)cc3)sc12. The predicted molar refractivity (Wildman–Crippen MR) is 131 cm³/mol. The van der Waals surface area contributed by atoms with Crippen LogP contribution in [0.3, 0.4) is 0 Å². The number of aromatic nitrogens is 3. The smallest absolute Gasteiger partial charge is 0.268 e. The van der Waals surface area contributed by atoms with Crippen molar-refractivity contribution in [3.05, 3.63) is 88.4 Å². The molecule has 0 aliphatic carbocycles. The van der Waals surface area contributed by atoms with Gasteiger partial charge in [0.15, 0.2) is 0 Å². The molecular formula is C26H23FN4OS. The van der Waals surface area contributed by atoms with Crippen LogP contribution >= 0.6 is 11.3 Å². The average molecular weight is 459 g/mol. The molecule has 1 aliphatic rings. The van der Waals surface area contributed by atoms with Gasteiger partial charge in [-0.2, -0.15) is 0 Å². The van der Waals surface area contributed by atoms with Gasteiger partial charge in [-0.3, -0.25) is 9.69 Å². The number of nitrogens with zero attached hydrogens (tertiary/aromatic N) is 2. The number of rotatable bonds is 4. The monoisotopic (exact) mass is 458 g/mol. The molecule has 7 heteroatoms. The number of likely N-dealkylation sites (tertiary alicyclic amines) is 1. The lowest BCUT2D eigenvalue weighted by atomic mass is 9.93. The van der Waals surface area contributed by atoms with Crippen molar-refractivity contribution in [3.8, 4) is 10.4 Å². The van der Waals surface area contributed by atoms with Crippen LogP contribution in [-0.2, 0) is 6.54 Å². The Morgan fingerprint density at radius 2 is 1.82 bits per heavy atom. The van der Waals surface area contributed by atoms with Crippen LogP contribution in [0.2, 0.25) is 0 Å². The molecule has 0 spiro atoms. The summed E-state index contributed by atoms with van der Waals surface area (Å²) in [5.41, 5.74) is 3.99. The fourth-order valence-electron chi connectivity index (χ4n) is 4.75. The Kier molecular flexibility index (Phi) is 5.08. The first-order valence-electron chi connectivity index (χ1n) is 11.2. The molecule has 3 aromatic heterocycles. The summed E-state index contributed by atoms with van der Waals surface area (Å²) in [5, 5.41) is 1.26. The Labute approximate surface area is 193 Å².